The Balaban J connectivity index is 3.06. The van der Waals surface area contributed by atoms with Crippen LogP contribution in [0.25, 0.3) is 0 Å². The van der Waals surface area contributed by atoms with E-state index in [1.165, 1.54) is 18.2 Å². The van der Waals surface area contributed by atoms with E-state index in [-0.39, 0.29) is 0 Å². The van der Waals surface area contributed by atoms with E-state index in [2.05, 4.69) is 4.74 Å². The smallest absolute Gasteiger partial charge is 0.378 e. The Morgan fingerprint density at radius 3 is 2.76 bits per heavy atom. The van der Waals surface area contributed by atoms with E-state index in [4.69, 9.17) is 5.11 Å². The first-order valence-corrected chi connectivity index (χ1v) is 4.76. The standard InChI is InChI=1S/C10H10FNO5/c1-2-6-3-4-8(7(5-6)12(15)16)17-9(11)10(13)14/h3-5,9H,2H2,1H3,(H,13,14). The molecule has 0 saturated carbocycles. The molecule has 1 aromatic rings. The molecule has 1 unspecified atom stereocenters. The van der Waals surface area contributed by atoms with Gasteiger partial charge < -0.3 is 9.84 Å². The van der Waals surface area contributed by atoms with Crippen LogP contribution in [-0.2, 0) is 11.2 Å². The number of nitrogens with zero attached hydrogens (tertiary/aromatic N) is 1. The Kier molecular flexibility index (Phi) is 3.97. The minimum absolute atomic E-state index is 0.401. The molecule has 17 heavy (non-hydrogen) atoms. The minimum atomic E-state index is -2.62. The van der Waals surface area contributed by atoms with E-state index in [9.17, 15) is 19.3 Å². The van der Waals surface area contributed by atoms with E-state index in [0.29, 0.717) is 12.0 Å². The molecular weight excluding hydrogens is 233 g/mol. The number of alkyl halides is 1. The number of hydrogen-bond acceptors (Lipinski definition) is 4. The molecule has 0 fully saturated rings. The molecule has 0 bridgehead atoms. The van der Waals surface area contributed by atoms with Crippen LogP contribution in [0.3, 0.4) is 0 Å². The third-order valence-corrected chi connectivity index (χ3v) is 2.05. The molecule has 1 atom stereocenters. The van der Waals surface area contributed by atoms with Crippen molar-refractivity contribution in [3.63, 3.8) is 0 Å². The van der Waals surface area contributed by atoms with Crippen LogP contribution in [0, 0.1) is 10.1 Å². The van der Waals surface area contributed by atoms with Gasteiger partial charge in [0.2, 0.25) is 5.75 Å². The topological polar surface area (TPSA) is 89.7 Å². The lowest BCUT2D eigenvalue weighted by atomic mass is 10.1. The second kappa shape index (κ2) is 5.24. The lowest BCUT2D eigenvalue weighted by molar-refractivity contribution is -0.386. The van der Waals surface area contributed by atoms with Crippen molar-refractivity contribution in [2.75, 3.05) is 0 Å². The Labute approximate surface area is 95.8 Å². The molecule has 6 nitrogen and oxygen atoms in total. The average molecular weight is 243 g/mol. The molecule has 92 valence electrons. The average Bonchev–Trinajstić information content (AvgIpc) is 2.29. The summed E-state index contributed by atoms with van der Waals surface area (Å²) in [7, 11) is 0. The van der Waals surface area contributed by atoms with Crippen LogP contribution in [0.15, 0.2) is 18.2 Å². The van der Waals surface area contributed by atoms with Crippen LogP contribution in [-0.4, -0.2) is 22.4 Å². The van der Waals surface area contributed by atoms with Crippen molar-refractivity contribution in [3.05, 3.63) is 33.9 Å². The molecule has 0 spiro atoms. The van der Waals surface area contributed by atoms with Crippen LogP contribution < -0.4 is 4.74 Å². The van der Waals surface area contributed by atoms with Gasteiger partial charge in [0, 0.05) is 6.07 Å². The van der Waals surface area contributed by atoms with Gasteiger partial charge in [-0.15, -0.1) is 0 Å². The van der Waals surface area contributed by atoms with Crippen molar-refractivity contribution < 1.29 is 24.0 Å². The van der Waals surface area contributed by atoms with Crippen LogP contribution in [0.2, 0.25) is 0 Å². The van der Waals surface area contributed by atoms with E-state index < -0.39 is 28.7 Å². The third-order valence-electron chi connectivity index (χ3n) is 2.05. The fourth-order valence-corrected chi connectivity index (χ4v) is 1.19. The van der Waals surface area contributed by atoms with Gasteiger partial charge >= 0.3 is 18.0 Å². The van der Waals surface area contributed by atoms with Gasteiger partial charge in [-0.2, -0.15) is 4.39 Å². The van der Waals surface area contributed by atoms with Crippen LogP contribution in [0.5, 0.6) is 5.75 Å². The van der Waals surface area contributed by atoms with Crippen LogP contribution in [0.1, 0.15) is 12.5 Å². The van der Waals surface area contributed by atoms with E-state index in [0.717, 1.165) is 0 Å². The van der Waals surface area contributed by atoms with Crippen LogP contribution >= 0.6 is 0 Å². The number of carboxylic acids is 1. The second-order valence-electron chi connectivity index (χ2n) is 3.18. The Morgan fingerprint density at radius 1 is 1.65 bits per heavy atom. The fraction of sp³-hybridized carbons (Fsp3) is 0.300. The highest BCUT2D eigenvalue weighted by Crippen LogP contribution is 2.29. The predicted octanol–water partition coefficient (Wildman–Crippen LogP) is 1.92. The van der Waals surface area contributed by atoms with Crippen LogP contribution in [0.4, 0.5) is 10.1 Å². The molecule has 7 heteroatoms. The lowest BCUT2D eigenvalue weighted by Gasteiger charge is -2.08. The summed E-state index contributed by atoms with van der Waals surface area (Å²) in [5.74, 6) is -2.24. The van der Waals surface area contributed by atoms with E-state index in [1.54, 1.807) is 6.92 Å². The zero-order chi connectivity index (χ0) is 13.0. The number of carboxylic acid groups (broad SMARTS) is 1. The SMILES string of the molecule is CCc1ccc(OC(F)C(=O)O)c([N+](=O)[O-])c1. The maximum Gasteiger partial charge on any atom is 0.378 e. The Bertz CT molecular complexity index is 448. The molecule has 0 aliphatic rings. The molecule has 0 saturated heterocycles. The molecule has 0 radical (unpaired) electrons. The first-order valence-electron chi connectivity index (χ1n) is 4.76. The normalized spacial score (nSPS) is 11.9. The summed E-state index contributed by atoms with van der Waals surface area (Å²) in [5.41, 5.74) is 0.225. The third kappa shape index (κ3) is 3.13. The fourth-order valence-electron chi connectivity index (χ4n) is 1.19. The lowest BCUT2D eigenvalue weighted by Crippen LogP contribution is -2.21. The number of benzene rings is 1. The van der Waals surface area contributed by atoms with Gasteiger partial charge in [-0.05, 0) is 18.1 Å². The summed E-state index contributed by atoms with van der Waals surface area (Å²) in [5, 5.41) is 19.0. The number of nitro benzene ring substituents is 1. The first kappa shape index (κ1) is 12.9. The Hall–Kier alpha value is -2.18. The zero-order valence-electron chi connectivity index (χ0n) is 8.92. The highest BCUT2D eigenvalue weighted by Gasteiger charge is 2.23. The highest BCUT2D eigenvalue weighted by atomic mass is 19.1. The molecule has 1 N–H and O–H groups in total. The maximum atomic E-state index is 12.8. The molecule has 0 aliphatic heterocycles. The van der Waals surface area contributed by atoms with Crippen molar-refractivity contribution in [1.82, 2.24) is 0 Å². The monoisotopic (exact) mass is 243 g/mol. The number of aliphatic carboxylic acids is 1. The quantitative estimate of drug-likeness (QED) is 0.630. The first-order chi connectivity index (χ1) is 7.95. The van der Waals surface area contributed by atoms with Crippen molar-refractivity contribution in [1.29, 1.82) is 0 Å². The molecule has 0 aromatic heterocycles. The summed E-state index contributed by atoms with van der Waals surface area (Å²) < 4.78 is 17.2. The van der Waals surface area contributed by atoms with E-state index in [1.807, 2.05) is 0 Å². The summed E-state index contributed by atoms with van der Waals surface area (Å²) in [6.07, 6.45) is -2.06. The number of nitro groups is 1. The van der Waals surface area contributed by atoms with E-state index >= 15 is 0 Å². The van der Waals surface area contributed by atoms with Gasteiger partial charge in [-0.25, -0.2) is 4.79 Å². The minimum Gasteiger partial charge on any atom is -0.476 e. The van der Waals surface area contributed by atoms with Crippen molar-refractivity contribution in [3.8, 4) is 5.75 Å². The van der Waals surface area contributed by atoms with Gasteiger partial charge in [-0.1, -0.05) is 13.0 Å². The van der Waals surface area contributed by atoms with Gasteiger partial charge in [0.05, 0.1) is 4.92 Å². The molecule has 0 aliphatic carbocycles. The number of ether oxygens (including phenoxy) is 1. The number of aryl methyl sites for hydroxylation is 1. The largest absolute Gasteiger partial charge is 0.476 e. The summed E-state index contributed by atoms with van der Waals surface area (Å²) in [6, 6.07) is 3.92. The second-order valence-corrected chi connectivity index (χ2v) is 3.18. The number of carbonyl (C=O) groups is 1. The summed E-state index contributed by atoms with van der Waals surface area (Å²) >= 11 is 0. The van der Waals surface area contributed by atoms with Gasteiger partial charge in [0.15, 0.2) is 0 Å². The number of hydrogen-bond donors (Lipinski definition) is 1. The molecule has 1 aromatic carbocycles. The van der Waals surface area contributed by atoms with Crippen molar-refractivity contribution in [2.24, 2.45) is 0 Å². The molecule has 0 amide bonds. The summed E-state index contributed by atoms with van der Waals surface area (Å²) in [6.45, 7) is 1.80. The molecule has 0 heterocycles. The van der Waals surface area contributed by atoms with Crippen molar-refractivity contribution >= 4 is 11.7 Å². The molecular formula is C10H10FNO5. The zero-order valence-corrected chi connectivity index (χ0v) is 8.92. The number of halogens is 1. The highest BCUT2D eigenvalue weighted by molar-refractivity contribution is 5.71. The predicted molar refractivity (Wildman–Crippen MR) is 55.6 cm³/mol. The molecule has 1 rings (SSSR count). The van der Waals surface area contributed by atoms with Gasteiger partial charge in [0.25, 0.3) is 0 Å². The van der Waals surface area contributed by atoms with Gasteiger partial charge in [0.1, 0.15) is 0 Å². The van der Waals surface area contributed by atoms with Gasteiger partial charge in [-0.3, -0.25) is 10.1 Å². The number of rotatable bonds is 5. The Morgan fingerprint density at radius 2 is 2.29 bits per heavy atom. The van der Waals surface area contributed by atoms with Crippen molar-refractivity contribution in [2.45, 2.75) is 19.7 Å². The maximum absolute atomic E-state index is 12.8. The summed E-state index contributed by atoms with van der Waals surface area (Å²) in [4.78, 5) is 20.2.